The Bertz CT molecular complexity index is 530. The highest BCUT2D eigenvalue weighted by molar-refractivity contribution is 7.03. The van der Waals surface area contributed by atoms with Crippen molar-refractivity contribution in [1.82, 2.24) is 14.9 Å². The predicted octanol–water partition coefficient (Wildman–Crippen LogP) is 2.75. The number of aromatic nitrogens is 2. The van der Waals surface area contributed by atoms with E-state index in [0.717, 1.165) is 0 Å². The zero-order valence-corrected chi connectivity index (χ0v) is 10.6. The Labute approximate surface area is 111 Å². The Hall–Kier alpha value is -1.67. The summed E-state index contributed by atoms with van der Waals surface area (Å²) in [5, 5.41) is 8.62. The minimum atomic E-state index is -4.70. The van der Waals surface area contributed by atoms with Crippen LogP contribution in [-0.4, -0.2) is 23.0 Å². The fourth-order valence-electron chi connectivity index (χ4n) is 1.67. The molecule has 1 N–H and O–H groups in total. The van der Waals surface area contributed by atoms with Gasteiger partial charge in [0.1, 0.15) is 5.75 Å². The molecule has 1 aromatic heterocycles. The molecule has 0 amide bonds. The number of rotatable bonds is 4. The van der Waals surface area contributed by atoms with Gasteiger partial charge < -0.3 is 10.1 Å². The highest BCUT2D eigenvalue weighted by Gasteiger charge is 2.31. The quantitative estimate of drug-likeness (QED) is 0.940. The predicted molar refractivity (Wildman–Crippen MR) is 63.9 cm³/mol. The first-order valence-corrected chi connectivity index (χ1v) is 6.13. The first kappa shape index (κ1) is 13.8. The first-order valence-electron chi connectivity index (χ1n) is 5.29. The summed E-state index contributed by atoms with van der Waals surface area (Å²) in [6.45, 7) is 0. The molecule has 1 unspecified atom stereocenters. The summed E-state index contributed by atoms with van der Waals surface area (Å²) in [5.41, 5.74) is 1.27. The van der Waals surface area contributed by atoms with Crippen molar-refractivity contribution in [3.05, 3.63) is 40.9 Å². The van der Waals surface area contributed by atoms with Crippen LogP contribution in [0.3, 0.4) is 0 Å². The third kappa shape index (κ3) is 3.65. The van der Waals surface area contributed by atoms with Gasteiger partial charge in [0.25, 0.3) is 0 Å². The Balaban J connectivity index is 2.27. The van der Waals surface area contributed by atoms with E-state index in [4.69, 9.17) is 0 Å². The van der Waals surface area contributed by atoms with Crippen LogP contribution in [-0.2, 0) is 0 Å². The van der Waals surface area contributed by atoms with E-state index in [-0.39, 0.29) is 11.8 Å². The summed E-state index contributed by atoms with van der Waals surface area (Å²) in [5.74, 6) is -0.256. The molecule has 1 atom stereocenters. The molecule has 2 aromatic rings. The number of ether oxygens (including phenoxy) is 1. The first-order chi connectivity index (χ1) is 8.99. The molecule has 102 valence electrons. The van der Waals surface area contributed by atoms with Gasteiger partial charge >= 0.3 is 6.36 Å². The number of hydrogen-bond donors (Lipinski definition) is 1. The molecule has 8 heteroatoms. The molecule has 0 fully saturated rings. The standard InChI is InChI=1S/C11H10F3N3OS/c1-15-10(9-6-19-17-16-9)7-3-2-4-8(5-7)18-11(12,13)14/h2-6,10,15H,1H3. The molecule has 0 radical (unpaired) electrons. The van der Waals surface area contributed by atoms with Crippen molar-refractivity contribution < 1.29 is 17.9 Å². The van der Waals surface area contributed by atoms with Crippen LogP contribution in [0.2, 0.25) is 0 Å². The van der Waals surface area contributed by atoms with Gasteiger partial charge in [0.2, 0.25) is 0 Å². The molecular formula is C11H10F3N3OS. The van der Waals surface area contributed by atoms with Crippen LogP contribution in [0.15, 0.2) is 29.6 Å². The molecule has 0 saturated carbocycles. The Morgan fingerprint density at radius 3 is 2.74 bits per heavy atom. The molecule has 0 aliphatic rings. The van der Waals surface area contributed by atoms with E-state index >= 15 is 0 Å². The van der Waals surface area contributed by atoms with Crippen molar-refractivity contribution in [2.45, 2.75) is 12.4 Å². The Morgan fingerprint density at radius 1 is 1.37 bits per heavy atom. The highest BCUT2D eigenvalue weighted by atomic mass is 32.1. The van der Waals surface area contributed by atoms with Crippen LogP contribution < -0.4 is 10.1 Å². The smallest absolute Gasteiger partial charge is 0.406 e. The van der Waals surface area contributed by atoms with Crippen molar-refractivity contribution in [3.8, 4) is 5.75 Å². The van der Waals surface area contributed by atoms with Crippen LogP contribution in [0.5, 0.6) is 5.75 Å². The van der Waals surface area contributed by atoms with Crippen molar-refractivity contribution in [3.63, 3.8) is 0 Å². The third-order valence-corrected chi connectivity index (χ3v) is 2.91. The summed E-state index contributed by atoms with van der Waals surface area (Å²) in [6, 6.07) is 5.46. The van der Waals surface area contributed by atoms with E-state index in [2.05, 4.69) is 19.6 Å². The van der Waals surface area contributed by atoms with E-state index in [9.17, 15) is 13.2 Å². The SMILES string of the molecule is CNC(c1cccc(OC(F)(F)F)c1)c1csnn1. The molecule has 19 heavy (non-hydrogen) atoms. The zero-order valence-electron chi connectivity index (χ0n) is 9.81. The lowest BCUT2D eigenvalue weighted by Crippen LogP contribution is -2.19. The van der Waals surface area contributed by atoms with Gasteiger partial charge in [-0.05, 0) is 36.3 Å². The second kappa shape index (κ2) is 5.54. The largest absolute Gasteiger partial charge is 0.573 e. The molecular weight excluding hydrogens is 279 g/mol. The summed E-state index contributed by atoms with van der Waals surface area (Å²) in [6.07, 6.45) is -4.70. The monoisotopic (exact) mass is 289 g/mol. The maximum Gasteiger partial charge on any atom is 0.573 e. The van der Waals surface area contributed by atoms with Gasteiger partial charge in [-0.25, -0.2) is 0 Å². The lowest BCUT2D eigenvalue weighted by Gasteiger charge is -2.15. The van der Waals surface area contributed by atoms with Gasteiger partial charge in [-0.15, -0.1) is 18.3 Å². The topological polar surface area (TPSA) is 47.0 Å². The minimum absolute atomic E-state index is 0.256. The maximum absolute atomic E-state index is 12.2. The summed E-state index contributed by atoms with van der Waals surface area (Å²) >= 11 is 1.18. The van der Waals surface area contributed by atoms with Gasteiger partial charge in [-0.2, -0.15) is 0 Å². The summed E-state index contributed by atoms with van der Waals surface area (Å²) in [7, 11) is 1.70. The van der Waals surface area contributed by atoms with Crippen LogP contribution >= 0.6 is 11.5 Å². The van der Waals surface area contributed by atoms with E-state index in [0.29, 0.717) is 11.3 Å². The molecule has 0 aliphatic heterocycles. The normalized spacial score (nSPS) is 13.3. The van der Waals surface area contributed by atoms with E-state index < -0.39 is 6.36 Å². The van der Waals surface area contributed by atoms with Gasteiger partial charge in [0, 0.05) is 5.38 Å². The average Bonchev–Trinajstić information content (AvgIpc) is 2.82. The average molecular weight is 289 g/mol. The summed E-state index contributed by atoms with van der Waals surface area (Å²) in [4.78, 5) is 0. The van der Waals surface area contributed by atoms with Crippen LogP contribution in [0.1, 0.15) is 17.3 Å². The van der Waals surface area contributed by atoms with Gasteiger partial charge in [0.15, 0.2) is 0 Å². The molecule has 1 aromatic carbocycles. The molecule has 1 heterocycles. The number of alkyl halides is 3. The number of halogens is 3. The van der Waals surface area contributed by atoms with E-state index in [1.54, 1.807) is 18.5 Å². The van der Waals surface area contributed by atoms with E-state index in [1.807, 2.05) is 0 Å². The molecule has 2 rings (SSSR count). The van der Waals surface area contributed by atoms with Crippen molar-refractivity contribution in [1.29, 1.82) is 0 Å². The fourth-order valence-corrected chi connectivity index (χ4v) is 2.15. The van der Waals surface area contributed by atoms with Gasteiger partial charge in [-0.1, -0.05) is 16.6 Å². The zero-order chi connectivity index (χ0) is 13.9. The van der Waals surface area contributed by atoms with E-state index in [1.165, 1.54) is 29.7 Å². The van der Waals surface area contributed by atoms with Gasteiger partial charge in [0.05, 0.1) is 11.7 Å². The summed E-state index contributed by atoms with van der Waals surface area (Å²) < 4.78 is 44.1. The fraction of sp³-hybridized carbons (Fsp3) is 0.273. The Kier molecular flexibility index (Phi) is 4.01. The van der Waals surface area contributed by atoms with Gasteiger partial charge in [-0.3, -0.25) is 0 Å². The second-order valence-electron chi connectivity index (χ2n) is 3.67. The molecule has 4 nitrogen and oxygen atoms in total. The number of nitrogens with zero attached hydrogens (tertiary/aromatic N) is 2. The third-order valence-electron chi connectivity index (χ3n) is 2.39. The lowest BCUT2D eigenvalue weighted by atomic mass is 10.0. The highest BCUT2D eigenvalue weighted by Crippen LogP contribution is 2.27. The van der Waals surface area contributed by atoms with Crippen LogP contribution in [0, 0.1) is 0 Å². The molecule has 0 aliphatic carbocycles. The molecule has 0 spiro atoms. The number of benzene rings is 1. The number of hydrogen-bond acceptors (Lipinski definition) is 5. The maximum atomic E-state index is 12.2. The van der Waals surface area contributed by atoms with Crippen molar-refractivity contribution >= 4 is 11.5 Å². The van der Waals surface area contributed by atoms with Crippen molar-refractivity contribution in [2.75, 3.05) is 7.05 Å². The van der Waals surface area contributed by atoms with Crippen molar-refractivity contribution in [2.24, 2.45) is 0 Å². The molecule has 0 saturated heterocycles. The lowest BCUT2D eigenvalue weighted by molar-refractivity contribution is -0.274. The number of nitrogens with one attached hydrogen (secondary N) is 1. The minimum Gasteiger partial charge on any atom is -0.406 e. The second-order valence-corrected chi connectivity index (χ2v) is 4.28. The Morgan fingerprint density at radius 2 is 2.16 bits per heavy atom. The van der Waals surface area contributed by atoms with Crippen LogP contribution in [0.25, 0.3) is 0 Å². The molecule has 0 bridgehead atoms. The van der Waals surface area contributed by atoms with Crippen LogP contribution in [0.4, 0.5) is 13.2 Å².